The molecule has 0 bridgehead atoms. The molecule has 5 heteroatoms. The van der Waals surface area contributed by atoms with Crippen LogP contribution in [0, 0.1) is 0 Å². The maximum atomic E-state index is 6.20. The number of benzene rings is 1. The molecule has 0 aliphatic carbocycles. The number of nitrogens with zero attached hydrogens (tertiary/aromatic N) is 1. The van der Waals surface area contributed by atoms with Gasteiger partial charge < -0.3 is 10.1 Å². The van der Waals surface area contributed by atoms with Crippen molar-refractivity contribution in [1.82, 2.24) is 10.2 Å². The number of rotatable bonds is 6. The number of hydrogen-bond acceptors (Lipinski definition) is 3. The molecule has 1 heterocycles. The topological polar surface area (TPSA) is 24.5 Å². The van der Waals surface area contributed by atoms with Gasteiger partial charge in [0, 0.05) is 29.2 Å². The molecule has 1 saturated heterocycles. The molecule has 1 atom stereocenters. The first kappa shape index (κ1) is 16.1. The van der Waals surface area contributed by atoms with Crippen molar-refractivity contribution in [2.75, 3.05) is 39.4 Å². The van der Waals surface area contributed by atoms with Gasteiger partial charge in [-0.05, 0) is 50.2 Å². The number of halogens is 2. The smallest absolute Gasteiger partial charge is 0.0594 e. The molecule has 0 radical (unpaired) electrons. The monoisotopic (exact) mass is 316 g/mol. The van der Waals surface area contributed by atoms with Gasteiger partial charge in [0.05, 0.1) is 13.2 Å². The Kier molecular flexibility index (Phi) is 6.59. The van der Waals surface area contributed by atoms with Crippen LogP contribution in [0.1, 0.15) is 24.9 Å². The van der Waals surface area contributed by atoms with E-state index in [0.717, 1.165) is 61.4 Å². The van der Waals surface area contributed by atoms with E-state index in [0.29, 0.717) is 0 Å². The predicted octanol–water partition coefficient (Wildman–Crippen LogP) is 3.37. The molecule has 112 valence electrons. The SMILES string of the molecule is CC(NCCCN1CCOCC1)c1cc(Cl)ccc1Cl. The van der Waals surface area contributed by atoms with Crippen LogP contribution in [0.4, 0.5) is 0 Å². The largest absolute Gasteiger partial charge is 0.379 e. The molecule has 0 aromatic heterocycles. The van der Waals surface area contributed by atoms with Crippen molar-refractivity contribution in [3.63, 3.8) is 0 Å². The second kappa shape index (κ2) is 8.20. The summed E-state index contributed by atoms with van der Waals surface area (Å²) in [7, 11) is 0. The summed E-state index contributed by atoms with van der Waals surface area (Å²) >= 11 is 12.2. The van der Waals surface area contributed by atoms with Crippen molar-refractivity contribution in [2.24, 2.45) is 0 Å². The first-order valence-corrected chi connectivity index (χ1v) is 7.91. The van der Waals surface area contributed by atoms with Crippen molar-refractivity contribution >= 4 is 23.2 Å². The van der Waals surface area contributed by atoms with Crippen LogP contribution in [0.2, 0.25) is 10.0 Å². The third-order valence-corrected chi connectivity index (χ3v) is 4.21. The van der Waals surface area contributed by atoms with E-state index in [-0.39, 0.29) is 6.04 Å². The van der Waals surface area contributed by atoms with Crippen LogP contribution in [0.3, 0.4) is 0 Å². The Bertz CT molecular complexity index is 422. The van der Waals surface area contributed by atoms with E-state index in [1.54, 1.807) is 0 Å². The van der Waals surface area contributed by atoms with E-state index in [4.69, 9.17) is 27.9 Å². The minimum Gasteiger partial charge on any atom is -0.379 e. The Labute approximate surface area is 131 Å². The summed E-state index contributed by atoms with van der Waals surface area (Å²) in [5.74, 6) is 0. The van der Waals surface area contributed by atoms with Crippen LogP contribution >= 0.6 is 23.2 Å². The normalized spacial score (nSPS) is 18.1. The third-order valence-electron chi connectivity index (χ3n) is 3.63. The summed E-state index contributed by atoms with van der Waals surface area (Å²) < 4.78 is 5.34. The minimum atomic E-state index is 0.214. The maximum absolute atomic E-state index is 6.20. The third kappa shape index (κ3) is 4.90. The Balaban J connectivity index is 1.71. The molecule has 0 spiro atoms. The van der Waals surface area contributed by atoms with Crippen LogP contribution in [0.15, 0.2) is 18.2 Å². The molecule has 1 aliphatic rings. The zero-order valence-electron chi connectivity index (χ0n) is 11.9. The van der Waals surface area contributed by atoms with Crippen molar-refractivity contribution in [1.29, 1.82) is 0 Å². The Hall–Kier alpha value is -0.320. The van der Waals surface area contributed by atoms with E-state index in [2.05, 4.69) is 17.1 Å². The van der Waals surface area contributed by atoms with Gasteiger partial charge in [0.2, 0.25) is 0 Å². The fourth-order valence-corrected chi connectivity index (χ4v) is 2.86. The summed E-state index contributed by atoms with van der Waals surface area (Å²) in [4.78, 5) is 2.45. The molecule has 20 heavy (non-hydrogen) atoms. The fourth-order valence-electron chi connectivity index (χ4n) is 2.40. The van der Waals surface area contributed by atoms with Crippen LogP contribution in [-0.2, 0) is 4.74 Å². The molecule has 1 aromatic carbocycles. The summed E-state index contributed by atoms with van der Waals surface area (Å²) in [5.41, 5.74) is 1.06. The molecule has 2 rings (SSSR count). The zero-order chi connectivity index (χ0) is 14.4. The highest BCUT2D eigenvalue weighted by Crippen LogP contribution is 2.26. The highest BCUT2D eigenvalue weighted by Gasteiger charge is 2.11. The van der Waals surface area contributed by atoms with Crippen molar-refractivity contribution in [3.8, 4) is 0 Å². The molecule has 0 saturated carbocycles. The van der Waals surface area contributed by atoms with Crippen LogP contribution < -0.4 is 5.32 Å². The van der Waals surface area contributed by atoms with Crippen molar-refractivity contribution in [3.05, 3.63) is 33.8 Å². The van der Waals surface area contributed by atoms with Gasteiger partial charge in [0.15, 0.2) is 0 Å². The van der Waals surface area contributed by atoms with Crippen molar-refractivity contribution < 1.29 is 4.74 Å². The van der Waals surface area contributed by atoms with Gasteiger partial charge in [-0.3, -0.25) is 4.90 Å². The number of ether oxygens (including phenoxy) is 1. The molecular weight excluding hydrogens is 295 g/mol. The first-order chi connectivity index (χ1) is 9.66. The van der Waals surface area contributed by atoms with Gasteiger partial charge >= 0.3 is 0 Å². The lowest BCUT2D eigenvalue weighted by molar-refractivity contribution is 0.0374. The lowest BCUT2D eigenvalue weighted by Crippen LogP contribution is -2.37. The van der Waals surface area contributed by atoms with Gasteiger partial charge in [0.25, 0.3) is 0 Å². The zero-order valence-corrected chi connectivity index (χ0v) is 13.4. The lowest BCUT2D eigenvalue weighted by atomic mass is 10.1. The van der Waals surface area contributed by atoms with E-state index in [1.807, 2.05) is 18.2 Å². The summed E-state index contributed by atoms with van der Waals surface area (Å²) in [6, 6.07) is 5.82. The van der Waals surface area contributed by atoms with Gasteiger partial charge in [0.1, 0.15) is 0 Å². The fraction of sp³-hybridized carbons (Fsp3) is 0.600. The van der Waals surface area contributed by atoms with Crippen LogP contribution in [0.5, 0.6) is 0 Å². The first-order valence-electron chi connectivity index (χ1n) is 7.15. The predicted molar refractivity (Wildman–Crippen MR) is 84.8 cm³/mol. The molecule has 1 N–H and O–H groups in total. The standard InChI is InChI=1S/C15H22Cl2N2O/c1-12(14-11-13(16)3-4-15(14)17)18-5-2-6-19-7-9-20-10-8-19/h3-4,11-12,18H,2,5-10H2,1H3. The van der Waals surface area contributed by atoms with Gasteiger partial charge in [-0.1, -0.05) is 23.2 Å². The lowest BCUT2D eigenvalue weighted by Gasteiger charge is -2.26. The van der Waals surface area contributed by atoms with Gasteiger partial charge in [-0.15, -0.1) is 0 Å². The minimum absolute atomic E-state index is 0.214. The Morgan fingerprint density at radius 1 is 1.30 bits per heavy atom. The maximum Gasteiger partial charge on any atom is 0.0594 e. The number of morpholine rings is 1. The summed E-state index contributed by atoms with van der Waals surface area (Å²) in [6.07, 6.45) is 1.13. The highest BCUT2D eigenvalue weighted by atomic mass is 35.5. The van der Waals surface area contributed by atoms with Crippen LogP contribution in [-0.4, -0.2) is 44.3 Å². The van der Waals surface area contributed by atoms with Gasteiger partial charge in [-0.25, -0.2) is 0 Å². The van der Waals surface area contributed by atoms with Gasteiger partial charge in [-0.2, -0.15) is 0 Å². The van der Waals surface area contributed by atoms with E-state index in [9.17, 15) is 0 Å². The Morgan fingerprint density at radius 2 is 2.05 bits per heavy atom. The molecule has 1 aromatic rings. The quantitative estimate of drug-likeness (QED) is 0.814. The van der Waals surface area contributed by atoms with E-state index in [1.165, 1.54) is 0 Å². The molecule has 3 nitrogen and oxygen atoms in total. The number of nitrogens with one attached hydrogen (secondary N) is 1. The molecular formula is C15H22Cl2N2O. The molecule has 0 amide bonds. The second-order valence-corrected chi connectivity index (χ2v) is 5.99. The molecule has 1 fully saturated rings. The van der Waals surface area contributed by atoms with Crippen LogP contribution in [0.25, 0.3) is 0 Å². The summed E-state index contributed by atoms with van der Waals surface area (Å²) in [6.45, 7) is 8.04. The van der Waals surface area contributed by atoms with E-state index < -0.39 is 0 Å². The van der Waals surface area contributed by atoms with E-state index >= 15 is 0 Å². The molecule has 1 unspecified atom stereocenters. The average molecular weight is 317 g/mol. The Morgan fingerprint density at radius 3 is 2.80 bits per heavy atom. The van der Waals surface area contributed by atoms with Crippen molar-refractivity contribution in [2.45, 2.75) is 19.4 Å². The second-order valence-electron chi connectivity index (χ2n) is 5.15. The average Bonchev–Trinajstić information content (AvgIpc) is 2.47. The highest BCUT2D eigenvalue weighted by molar-refractivity contribution is 6.33. The number of hydrogen-bond donors (Lipinski definition) is 1. The molecule has 1 aliphatic heterocycles. The summed E-state index contributed by atoms with van der Waals surface area (Å²) in [5, 5.41) is 5.00.